The van der Waals surface area contributed by atoms with E-state index < -0.39 is 10.0 Å². The highest BCUT2D eigenvalue weighted by atomic mass is 35.5. The number of benzene rings is 1. The molecule has 2 N–H and O–H groups in total. The second-order valence-corrected chi connectivity index (χ2v) is 7.92. The predicted molar refractivity (Wildman–Crippen MR) is 87.7 cm³/mol. The lowest BCUT2D eigenvalue weighted by molar-refractivity contribution is 0.398. The number of piperidine rings is 1. The Bertz CT molecular complexity index is 663. The Kier molecular flexibility index (Phi) is 5.56. The Balaban J connectivity index is 0.00000161. The number of sulfonamides is 1. The van der Waals surface area contributed by atoms with Crippen molar-refractivity contribution in [2.75, 3.05) is 13.1 Å². The van der Waals surface area contributed by atoms with Crippen molar-refractivity contribution in [3.05, 3.63) is 24.3 Å². The first kappa shape index (κ1) is 16.6. The first-order valence-corrected chi connectivity index (χ1v) is 9.04. The Morgan fingerprint density at radius 1 is 1.33 bits per heavy atom. The van der Waals surface area contributed by atoms with Gasteiger partial charge in [0.05, 0.1) is 10.2 Å². The molecule has 0 spiro atoms. The maximum Gasteiger partial charge on any atom is 0.267 e. The number of rotatable bonds is 4. The van der Waals surface area contributed by atoms with Gasteiger partial charge in [-0.15, -0.1) is 23.7 Å². The van der Waals surface area contributed by atoms with Gasteiger partial charge in [0, 0.05) is 12.6 Å². The number of aromatic nitrogens is 1. The van der Waals surface area contributed by atoms with Gasteiger partial charge in [0.2, 0.25) is 4.34 Å². The average Bonchev–Trinajstić information content (AvgIpc) is 2.91. The monoisotopic (exact) mass is 347 g/mol. The fourth-order valence-corrected chi connectivity index (χ4v) is 4.68. The smallest absolute Gasteiger partial charge is 0.267 e. The van der Waals surface area contributed by atoms with Gasteiger partial charge in [0.15, 0.2) is 0 Å². The molecule has 0 amide bonds. The summed E-state index contributed by atoms with van der Waals surface area (Å²) in [5.41, 5.74) is 0.730. The Hall–Kier alpha value is -0.730. The van der Waals surface area contributed by atoms with Crippen molar-refractivity contribution < 1.29 is 8.42 Å². The number of halogens is 1. The van der Waals surface area contributed by atoms with Crippen molar-refractivity contribution in [3.8, 4) is 0 Å². The molecule has 5 nitrogen and oxygen atoms in total. The molecule has 1 atom stereocenters. The van der Waals surface area contributed by atoms with E-state index in [9.17, 15) is 8.42 Å². The lowest BCUT2D eigenvalue weighted by atomic mass is 10.1. The van der Waals surface area contributed by atoms with Gasteiger partial charge in [-0.3, -0.25) is 0 Å². The van der Waals surface area contributed by atoms with E-state index in [0.717, 1.165) is 29.6 Å². The van der Waals surface area contributed by atoms with Gasteiger partial charge in [-0.05, 0) is 31.5 Å². The first-order valence-electron chi connectivity index (χ1n) is 6.74. The molecule has 1 aliphatic rings. The van der Waals surface area contributed by atoms with E-state index in [0.29, 0.717) is 6.54 Å². The lowest BCUT2D eigenvalue weighted by Gasteiger charge is -2.23. The van der Waals surface area contributed by atoms with Crippen molar-refractivity contribution in [3.63, 3.8) is 0 Å². The molecule has 1 aliphatic heterocycles. The van der Waals surface area contributed by atoms with Gasteiger partial charge in [-0.1, -0.05) is 18.6 Å². The van der Waals surface area contributed by atoms with Crippen LogP contribution in [-0.2, 0) is 10.0 Å². The molecule has 1 aromatic heterocycles. The maximum absolute atomic E-state index is 12.3. The van der Waals surface area contributed by atoms with Gasteiger partial charge in [0.1, 0.15) is 0 Å². The van der Waals surface area contributed by atoms with Crippen LogP contribution in [0.15, 0.2) is 28.6 Å². The summed E-state index contributed by atoms with van der Waals surface area (Å²) in [6.07, 6.45) is 3.34. The topological polar surface area (TPSA) is 71.1 Å². The normalized spacial score (nSPS) is 19.3. The highest BCUT2D eigenvalue weighted by Crippen LogP contribution is 2.24. The van der Waals surface area contributed by atoms with E-state index in [1.54, 1.807) is 0 Å². The zero-order valence-corrected chi connectivity index (χ0v) is 13.9. The van der Waals surface area contributed by atoms with Gasteiger partial charge >= 0.3 is 0 Å². The third kappa shape index (κ3) is 3.92. The minimum absolute atomic E-state index is 0. The molecule has 0 saturated carbocycles. The van der Waals surface area contributed by atoms with E-state index in [1.807, 2.05) is 24.3 Å². The van der Waals surface area contributed by atoms with Gasteiger partial charge < -0.3 is 5.32 Å². The van der Waals surface area contributed by atoms with Crippen LogP contribution in [0.3, 0.4) is 0 Å². The largest absolute Gasteiger partial charge is 0.313 e. The molecular weight excluding hydrogens is 330 g/mol. The van der Waals surface area contributed by atoms with Gasteiger partial charge in [0.25, 0.3) is 10.0 Å². The molecule has 1 fully saturated rings. The summed E-state index contributed by atoms with van der Waals surface area (Å²) in [6, 6.07) is 7.68. The molecule has 0 radical (unpaired) electrons. The molecule has 1 saturated heterocycles. The summed E-state index contributed by atoms with van der Waals surface area (Å²) in [6.45, 7) is 1.39. The fourth-order valence-electron chi connectivity index (χ4n) is 2.34. The molecule has 1 aromatic carbocycles. The molecule has 21 heavy (non-hydrogen) atoms. The van der Waals surface area contributed by atoms with Crippen molar-refractivity contribution in [2.45, 2.75) is 29.6 Å². The van der Waals surface area contributed by atoms with Crippen LogP contribution in [-0.4, -0.2) is 32.5 Å². The van der Waals surface area contributed by atoms with Crippen LogP contribution in [0.4, 0.5) is 0 Å². The molecule has 0 aliphatic carbocycles. The zero-order valence-electron chi connectivity index (χ0n) is 11.4. The van der Waals surface area contributed by atoms with E-state index >= 15 is 0 Å². The summed E-state index contributed by atoms with van der Waals surface area (Å²) in [5.74, 6) is 0. The van der Waals surface area contributed by atoms with Crippen LogP contribution in [0.2, 0.25) is 0 Å². The highest BCUT2D eigenvalue weighted by Gasteiger charge is 2.21. The standard InChI is InChI=1S/C13H17N3O2S2.ClH/c17-20(18,15-9-10-5-3-4-8-14-10)13-16-11-6-1-2-7-12(11)19-13;/h1-2,6-7,10,14-15H,3-5,8-9H2;1H. The number of nitrogens with zero attached hydrogens (tertiary/aromatic N) is 1. The van der Waals surface area contributed by atoms with E-state index in [4.69, 9.17) is 0 Å². The number of fused-ring (bicyclic) bond motifs is 1. The minimum atomic E-state index is -3.50. The molecule has 8 heteroatoms. The quantitative estimate of drug-likeness (QED) is 0.888. The van der Waals surface area contributed by atoms with Gasteiger partial charge in [-0.25, -0.2) is 18.1 Å². The molecule has 2 aromatic rings. The van der Waals surface area contributed by atoms with Crippen LogP contribution in [0.1, 0.15) is 19.3 Å². The van der Waals surface area contributed by atoms with Crippen LogP contribution < -0.4 is 10.0 Å². The average molecular weight is 348 g/mol. The summed E-state index contributed by atoms with van der Waals surface area (Å²) in [5, 5.41) is 3.33. The van der Waals surface area contributed by atoms with E-state index in [1.165, 1.54) is 17.8 Å². The minimum Gasteiger partial charge on any atom is -0.313 e. The van der Waals surface area contributed by atoms with Crippen molar-refractivity contribution in [1.82, 2.24) is 15.0 Å². The Labute approximate surface area is 134 Å². The molecule has 116 valence electrons. The fraction of sp³-hybridized carbons (Fsp3) is 0.462. The van der Waals surface area contributed by atoms with Crippen LogP contribution >= 0.6 is 23.7 Å². The van der Waals surface area contributed by atoms with E-state index in [-0.39, 0.29) is 22.8 Å². The van der Waals surface area contributed by atoms with Crippen molar-refractivity contribution in [1.29, 1.82) is 0 Å². The van der Waals surface area contributed by atoms with Crippen LogP contribution in [0.25, 0.3) is 10.2 Å². The third-order valence-corrected chi connectivity index (χ3v) is 6.27. The predicted octanol–water partition coefficient (Wildman–Crippen LogP) is 2.14. The number of hydrogen-bond donors (Lipinski definition) is 2. The second-order valence-electron chi connectivity index (χ2n) is 4.95. The second kappa shape index (κ2) is 7.02. The van der Waals surface area contributed by atoms with Crippen molar-refractivity contribution >= 4 is 44.0 Å². The Morgan fingerprint density at radius 3 is 2.86 bits per heavy atom. The third-order valence-electron chi connectivity index (χ3n) is 3.44. The summed E-state index contributed by atoms with van der Waals surface area (Å²) in [4.78, 5) is 4.20. The number of nitrogens with one attached hydrogen (secondary N) is 2. The summed E-state index contributed by atoms with van der Waals surface area (Å²) >= 11 is 1.21. The highest BCUT2D eigenvalue weighted by molar-refractivity contribution is 7.91. The number of para-hydroxylation sites is 1. The zero-order chi connectivity index (χ0) is 14.0. The Morgan fingerprint density at radius 2 is 2.14 bits per heavy atom. The molecule has 1 unspecified atom stereocenters. The van der Waals surface area contributed by atoms with Gasteiger partial charge in [-0.2, -0.15) is 0 Å². The van der Waals surface area contributed by atoms with Crippen LogP contribution in [0.5, 0.6) is 0 Å². The summed E-state index contributed by atoms with van der Waals surface area (Å²) in [7, 11) is -3.50. The van der Waals surface area contributed by atoms with Crippen LogP contribution in [0, 0.1) is 0 Å². The SMILES string of the molecule is Cl.O=S(=O)(NCC1CCCCN1)c1nc2ccccc2s1. The first-order chi connectivity index (χ1) is 9.65. The number of hydrogen-bond acceptors (Lipinski definition) is 5. The maximum atomic E-state index is 12.3. The summed E-state index contributed by atoms with van der Waals surface area (Å²) < 4.78 is 28.2. The van der Waals surface area contributed by atoms with Crippen molar-refractivity contribution in [2.24, 2.45) is 0 Å². The lowest BCUT2D eigenvalue weighted by Crippen LogP contribution is -2.43. The molecule has 2 heterocycles. The van der Waals surface area contributed by atoms with E-state index in [2.05, 4.69) is 15.0 Å². The number of thiazole rings is 1. The molecular formula is C13H18ClN3O2S2. The molecule has 3 rings (SSSR count). The molecule has 0 bridgehead atoms.